The molecule has 3 aliphatic heterocycles. The largest absolute Gasteiger partial charge is 0.399 e. The number of hydrogen-bond acceptors (Lipinski definition) is 7. The van der Waals surface area contributed by atoms with Crippen LogP contribution in [0.4, 0.5) is 8.78 Å². The van der Waals surface area contributed by atoms with Gasteiger partial charge in [0.15, 0.2) is 0 Å². The van der Waals surface area contributed by atoms with E-state index in [0.29, 0.717) is 42.5 Å². The minimum atomic E-state index is -5.75. The van der Waals surface area contributed by atoms with Crippen LogP contribution in [-0.2, 0) is 19.8 Å². The number of hydrogen-bond donors (Lipinski definition) is 3. The van der Waals surface area contributed by atoms with Gasteiger partial charge in [0.05, 0.1) is 10.6 Å². The van der Waals surface area contributed by atoms with E-state index < -0.39 is 36.8 Å². The molecular formula is C29H30F2N5O6PS. The number of benzene rings is 1. The molecule has 11 nitrogen and oxygen atoms in total. The summed E-state index contributed by atoms with van der Waals surface area (Å²) in [6, 6.07) is 3.07. The fraction of sp³-hybridized carbons (Fsp3) is 0.483. The molecule has 1 aliphatic carbocycles. The quantitative estimate of drug-likeness (QED) is 0.345. The van der Waals surface area contributed by atoms with Crippen molar-refractivity contribution in [1.82, 2.24) is 25.1 Å². The molecule has 7 rings (SSSR count). The normalized spacial score (nSPS) is 27.3. The topological polar surface area (TPSA) is 153 Å². The SMILES string of the molecule is O=C(N[C@H]1C[C@@H]2C[C@@H]2C[C@H]2CC[C@@H](C(=O)N3CC(c4cnccn4)C3)N2C1=O)c1cc2cc(C(F)(F)P(=O)(O)O)ccc2s1. The Balaban J connectivity index is 1.08. The van der Waals surface area contributed by atoms with E-state index in [1.165, 1.54) is 12.1 Å². The molecular weight excluding hydrogens is 615 g/mol. The molecule has 5 heterocycles. The van der Waals surface area contributed by atoms with Crippen molar-refractivity contribution in [3.8, 4) is 0 Å². The van der Waals surface area contributed by atoms with E-state index in [4.69, 9.17) is 9.79 Å². The van der Waals surface area contributed by atoms with Gasteiger partial charge in [-0.05, 0) is 67.5 Å². The average molecular weight is 646 g/mol. The molecule has 15 heteroatoms. The molecule has 1 saturated carbocycles. The third kappa shape index (κ3) is 5.11. The third-order valence-corrected chi connectivity index (χ3v) is 11.6. The minimum Gasteiger partial charge on any atom is -0.340 e. The van der Waals surface area contributed by atoms with Gasteiger partial charge in [0.2, 0.25) is 11.8 Å². The van der Waals surface area contributed by atoms with Crippen LogP contribution < -0.4 is 5.32 Å². The van der Waals surface area contributed by atoms with Crippen LogP contribution in [0.5, 0.6) is 0 Å². The summed E-state index contributed by atoms with van der Waals surface area (Å²) in [6.07, 6.45) is 8.50. The zero-order valence-electron chi connectivity index (χ0n) is 23.4. The van der Waals surface area contributed by atoms with E-state index in [-0.39, 0.29) is 34.0 Å². The Hall–Kier alpha value is -3.32. The Morgan fingerprint density at radius 3 is 2.57 bits per heavy atom. The summed E-state index contributed by atoms with van der Waals surface area (Å²) in [4.78, 5) is 71.3. The van der Waals surface area contributed by atoms with Crippen LogP contribution in [0, 0.1) is 11.8 Å². The molecule has 3 amide bonds. The highest BCUT2D eigenvalue weighted by molar-refractivity contribution is 7.52. The summed E-state index contributed by atoms with van der Waals surface area (Å²) in [5.74, 6) is -0.0607. The van der Waals surface area contributed by atoms with Crippen LogP contribution in [0.15, 0.2) is 42.9 Å². The predicted molar refractivity (Wildman–Crippen MR) is 155 cm³/mol. The Morgan fingerprint density at radius 1 is 1.07 bits per heavy atom. The number of amides is 3. The summed E-state index contributed by atoms with van der Waals surface area (Å²) in [6.45, 7) is 1.03. The maximum absolute atomic E-state index is 14.3. The lowest BCUT2D eigenvalue weighted by molar-refractivity contribution is -0.149. The molecule has 44 heavy (non-hydrogen) atoms. The molecule has 0 bridgehead atoms. The van der Waals surface area contributed by atoms with Gasteiger partial charge in [0.1, 0.15) is 12.1 Å². The molecule has 0 radical (unpaired) electrons. The second-order valence-electron chi connectivity index (χ2n) is 12.3. The molecule has 0 spiro atoms. The molecule has 3 aromatic rings. The minimum absolute atomic E-state index is 0.0679. The van der Waals surface area contributed by atoms with Crippen LogP contribution in [0.3, 0.4) is 0 Å². The van der Waals surface area contributed by atoms with Gasteiger partial charge in [-0.15, -0.1) is 11.3 Å². The summed E-state index contributed by atoms with van der Waals surface area (Å²) >= 11 is 1.03. The summed E-state index contributed by atoms with van der Waals surface area (Å²) in [5, 5.41) is 3.10. The molecule has 232 valence electrons. The maximum Gasteiger partial charge on any atom is 0.399 e. The zero-order chi connectivity index (χ0) is 31.0. The fourth-order valence-corrected chi connectivity index (χ4v) is 8.37. The first-order valence-corrected chi connectivity index (χ1v) is 17.0. The standard InChI is InChI=1S/C29H30F2N5O6PS/c30-29(31,43(40,41)42)19-1-4-24-17(8-19)11-25(44-24)26(37)34-21-10-16-7-15(16)9-20-2-3-23(36(20)27(21)38)28(39)35-13-18(14-35)22-12-32-5-6-33-22/h1,4-6,8,11-12,15-16,18,20-21,23H,2-3,7,9-10,13-14H2,(H,34,37)(H2,40,41,42)/t15-,16+,20-,21+,23+/m1/s1. The van der Waals surface area contributed by atoms with E-state index >= 15 is 0 Å². The number of thiophene rings is 1. The summed E-state index contributed by atoms with van der Waals surface area (Å²) in [5.41, 5.74) is -4.39. The number of aromatic nitrogens is 2. The fourth-order valence-electron chi connectivity index (χ4n) is 6.95. The number of nitrogens with zero attached hydrogens (tertiary/aromatic N) is 4. The van der Waals surface area contributed by atoms with E-state index in [1.807, 2.05) is 0 Å². The predicted octanol–water partition coefficient (Wildman–Crippen LogP) is 3.43. The molecule has 1 aromatic carbocycles. The number of rotatable bonds is 6. The van der Waals surface area contributed by atoms with Crippen molar-refractivity contribution in [2.75, 3.05) is 13.1 Å². The van der Waals surface area contributed by atoms with Crippen LogP contribution in [-0.4, -0.2) is 78.5 Å². The van der Waals surface area contributed by atoms with Crippen LogP contribution in [0.1, 0.15) is 59.0 Å². The van der Waals surface area contributed by atoms with Crippen LogP contribution in [0.25, 0.3) is 10.1 Å². The molecule has 3 saturated heterocycles. The first-order chi connectivity index (χ1) is 20.9. The van der Waals surface area contributed by atoms with Crippen molar-refractivity contribution < 1.29 is 37.5 Å². The lowest BCUT2D eigenvalue weighted by atomic mass is 9.95. The Kier molecular flexibility index (Phi) is 7.11. The number of carbonyl (C=O) groups is 3. The molecule has 5 atom stereocenters. The third-order valence-electron chi connectivity index (χ3n) is 9.48. The van der Waals surface area contributed by atoms with Crippen LogP contribution in [0.2, 0.25) is 0 Å². The van der Waals surface area contributed by atoms with Crippen molar-refractivity contribution in [3.63, 3.8) is 0 Å². The van der Waals surface area contributed by atoms with Crippen molar-refractivity contribution in [2.24, 2.45) is 11.8 Å². The van der Waals surface area contributed by atoms with Crippen molar-refractivity contribution in [2.45, 2.75) is 61.8 Å². The van der Waals surface area contributed by atoms with E-state index in [1.54, 1.807) is 28.4 Å². The van der Waals surface area contributed by atoms with Crippen molar-refractivity contribution >= 4 is 46.7 Å². The number of alkyl halides is 2. The number of halogens is 2. The highest BCUT2D eigenvalue weighted by Gasteiger charge is 2.53. The number of likely N-dealkylation sites (tertiary alicyclic amines) is 1. The van der Waals surface area contributed by atoms with Gasteiger partial charge in [0.25, 0.3) is 5.91 Å². The Morgan fingerprint density at radius 2 is 1.84 bits per heavy atom. The van der Waals surface area contributed by atoms with Crippen LogP contribution >= 0.6 is 18.9 Å². The number of fused-ring (bicyclic) bond motifs is 3. The zero-order valence-corrected chi connectivity index (χ0v) is 25.1. The van der Waals surface area contributed by atoms with Gasteiger partial charge in [-0.2, -0.15) is 8.78 Å². The van der Waals surface area contributed by atoms with Gasteiger partial charge < -0.3 is 24.9 Å². The van der Waals surface area contributed by atoms with E-state index in [0.717, 1.165) is 48.4 Å². The first kappa shape index (κ1) is 29.4. The first-order valence-electron chi connectivity index (χ1n) is 14.6. The van der Waals surface area contributed by atoms with Gasteiger partial charge in [0, 0.05) is 53.9 Å². The van der Waals surface area contributed by atoms with Gasteiger partial charge in [-0.25, -0.2) is 0 Å². The Labute approximate surface area is 254 Å². The van der Waals surface area contributed by atoms with E-state index in [9.17, 15) is 27.7 Å². The lowest BCUT2D eigenvalue weighted by Crippen LogP contribution is -2.59. The van der Waals surface area contributed by atoms with Crippen molar-refractivity contribution in [3.05, 3.63) is 59.0 Å². The van der Waals surface area contributed by atoms with Gasteiger partial charge in [-0.1, -0.05) is 6.07 Å². The van der Waals surface area contributed by atoms with Gasteiger partial charge >= 0.3 is 13.3 Å². The number of nitrogens with one attached hydrogen (secondary N) is 1. The average Bonchev–Trinajstić information content (AvgIpc) is 3.33. The molecule has 4 fully saturated rings. The Bertz CT molecular complexity index is 1700. The number of carbonyl (C=O) groups excluding carboxylic acids is 3. The second kappa shape index (κ2) is 10.6. The molecule has 0 unspecified atom stereocenters. The molecule has 2 aromatic heterocycles. The highest BCUT2D eigenvalue weighted by atomic mass is 32.1. The lowest BCUT2D eigenvalue weighted by Gasteiger charge is -2.42. The monoisotopic (exact) mass is 645 g/mol. The summed E-state index contributed by atoms with van der Waals surface area (Å²) < 4.78 is 40.4. The van der Waals surface area contributed by atoms with Crippen molar-refractivity contribution in [1.29, 1.82) is 0 Å². The summed E-state index contributed by atoms with van der Waals surface area (Å²) in [7, 11) is -5.75. The molecule has 4 aliphatic rings. The molecule has 3 N–H and O–H groups in total. The second-order valence-corrected chi connectivity index (χ2v) is 15.0. The highest BCUT2D eigenvalue weighted by Crippen LogP contribution is 2.59. The maximum atomic E-state index is 14.3. The van der Waals surface area contributed by atoms with E-state index in [2.05, 4.69) is 15.3 Å². The smallest absolute Gasteiger partial charge is 0.340 e. The van der Waals surface area contributed by atoms with Gasteiger partial charge in [-0.3, -0.25) is 28.9 Å².